The summed E-state index contributed by atoms with van der Waals surface area (Å²) in [6.45, 7) is 7.27. The molecule has 1 heterocycles. The van der Waals surface area contributed by atoms with Crippen molar-refractivity contribution in [3.8, 4) is 0 Å². The third kappa shape index (κ3) is 5.37. The van der Waals surface area contributed by atoms with Gasteiger partial charge in [-0.15, -0.1) is 12.4 Å². The molecule has 0 bridgehead atoms. The zero-order chi connectivity index (χ0) is 16.2. The number of aromatic nitrogens is 2. The number of hydrogen-bond donors (Lipinski definition) is 2. The lowest BCUT2D eigenvalue weighted by Crippen LogP contribution is -2.19. The number of nitrogens with two attached hydrogens (primary N) is 1. The van der Waals surface area contributed by atoms with Gasteiger partial charge in [0.2, 0.25) is 5.91 Å². The van der Waals surface area contributed by atoms with Gasteiger partial charge in [-0.3, -0.25) is 4.79 Å². The van der Waals surface area contributed by atoms with Crippen LogP contribution in [0, 0.1) is 0 Å². The number of nitrogens with zero attached hydrogens (tertiary/aromatic N) is 2. The summed E-state index contributed by atoms with van der Waals surface area (Å²) in [6.07, 6.45) is 0.307. The highest BCUT2D eigenvalue weighted by Crippen LogP contribution is 2.24. The number of anilines is 1. The first-order chi connectivity index (χ1) is 10.4. The van der Waals surface area contributed by atoms with Crippen LogP contribution in [0.4, 0.5) is 5.82 Å². The zero-order valence-electron chi connectivity index (χ0n) is 13.9. The van der Waals surface area contributed by atoms with E-state index in [0.29, 0.717) is 25.3 Å². The number of hydrogen-bond acceptors (Lipinski definition) is 3. The fourth-order valence-electron chi connectivity index (χ4n) is 2.10. The standard InChI is InChI=1S/C17H24N4O.ClH/c1-17(2,3)14-11-15(19-16(22)9-10-18)21(20-14)12-13-7-5-4-6-8-13;/h4-8,11H,9-10,12,18H2,1-3H3,(H,19,22);1H. The Morgan fingerprint density at radius 2 is 1.91 bits per heavy atom. The van der Waals surface area contributed by atoms with Gasteiger partial charge in [0.25, 0.3) is 0 Å². The van der Waals surface area contributed by atoms with Gasteiger partial charge in [0.15, 0.2) is 0 Å². The molecule has 23 heavy (non-hydrogen) atoms. The van der Waals surface area contributed by atoms with E-state index in [1.165, 1.54) is 0 Å². The molecule has 1 aromatic heterocycles. The summed E-state index contributed by atoms with van der Waals surface area (Å²) in [5, 5.41) is 7.57. The smallest absolute Gasteiger partial charge is 0.226 e. The van der Waals surface area contributed by atoms with Crippen LogP contribution in [-0.2, 0) is 16.8 Å². The van der Waals surface area contributed by atoms with E-state index < -0.39 is 0 Å². The molecule has 0 radical (unpaired) electrons. The molecule has 0 spiro atoms. The molecule has 0 aliphatic heterocycles. The summed E-state index contributed by atoms with van der Waals surface area (Å²) in [5.74, 6) is 0.629. The van der Waals surface area contributed by atoms with Crippen LogP contribution in [0.3, 0.4) is 0 Å². The van der Waals surface area contributed by atoms with Crippen molar-refractivity contribution < 1.29 is 4.79 Å². The van der Waals surface area contributed by atoms with E-state index in [1.807, 2.05) is 41.1 Å². The average Bonchev–Trinajstić information content (AvgIpc) is 2.83. The molecule has 0 aliphatic carbocycles. The Morgan fingerprint density at radius 1 is 1.26 bits per heavy atom. The van der Waals surface area contributed by atoms with Crippen LogP contribution < -0.4 is 11.1 Å². The Balaban J connectivity index is 0.00000264. The van der Waals surface area contributed by atoms with Crippen LogP contribution in [0.2, 0.25) is 0 Å². The van der Waals surface area contributed by atoms with E-state index in [4.69, 9.17) is 5.73 Å². The van der Waals surface area contributed by atoms with E-state index in [-0.39, 0.29) is 23.7 Å². The van der Waals surface area contributed by atoms with Crippen molar-refractivity contribution in [3.05, 3.63) is 47.7 Å². The third-order valence-electron chi connectivity index (χ3n) is 3.36. The Morgan fingerprint density at radius 3 is 2.48 bits per heavy atom. The minimum Gasteiger partial charge on any atom is -0.330 e. The minimum atomic E-state index is -0.0860. The Kier molecular flexibility index (Phi) is 6.79. The quantitative estimate of drug-likeness (QED) is 0.881. The van der Waals surface area contributed by atoms with Crippen LogP contribution in [-0.4, -0.2) is 22.2 Å². The Labute approximate surface area is 143 Å². The number of amides is 1. The molecule has 0 unspecified atom stereocenters. The number of nitrogens with one attached hydrogen (secondary N) is 1. The summed E-state index contributed by atoms with van der Waals surface area (Å²) >= 11 is 0. The van der Waals surface area contributed by atoms with Gasteiger partial charge in [-0.2, -0.15) is 5.10 Å². The largest absolute Gasteiger partial charge is 0.330 e. The normalized spacial score (nSPS) is 11.0. The van der Waals surface area contributed by atoms with E-state index in [9.17, 15) is 4.79 Å². The average molecular weight is 337 g/mol. The summed E-state index contributed by atoms with van der Waals surface area (Å²) in [5.41, 5.74) is 7.45. The maximum atomic E-state index is 11.8. The predicted octanol–water partition coefficient (Wildman–Crippen LogP) is 2.94. The van der Waals surface area contributed by atoms with Crippen LogP contribution in [0.1, 0.15) is 38.4 Å². The van der Waals surface area contributed by atoms with Gasteiger partial charge in [0.1, 0.15) is 5.82 Å². The van der Waals surface area contributed by atoms with Crippen LogP contribution in [0.25, 0.3) is 0 Å². The van der Waals surface area contributed by atoms with Crippen molar-refractivity contribution in [2.75, 3.05) is 11.9 Å². The zero-order valence-corrected chi connectivity index (χ0v) is 14.7. The maximum absolute atomic E-state index is 11.8. The molecule has 0 fully saturated rings. The molecule has 5 nitrogen and oxygen atoms in total. The monoisotopic (exact) mass is 336 g/mol. The maximum Gasteiger partial charge on any atom is 0.226 e. The fraction of sp³-hybridized carbons (Fsp3) is 0.412. The number of halogens is 1. The molecule has 2 aromatic rings. The molecule has 0 aliphatic rings. The molecular weight excluding hydrogens is 312 g/mol. The van der Waals surface area contributed by atoms with Gasteiger partial charge in [-0.25, -0.2) is 4.68 Å². The second-order valence-corrected chi connectivity index (χ2v) is 6.39. The van der Waals surface area contributed by atoms with Crippen molar-refractivity contribution in [3.63, 3.8) is 0 Å². The lowest BCUT2D eigenvalue weighted by molar-refractivity contribution is -0.116. The summed E-state index contributed by atoms with van der Waals surface area (Å²) in [7, 11) is 0. The SMILES string of the molecule is CC(C)(C)c1cc(NC(=O)CCN)n(Cc2ccccc2)n1.Cl. The molecule has 1 amide bonds. The van der Waals surface area contributed by atoms with Gasteiger partial charge in [0.05, 0.1) is 12.2 Å². The highest BCUT2D eigenvalue weighted by molar-refractivity contribution is 5.90. The molecule has 1 aromatic carbocycles. The molecule has 0 saturated heterocycles. The van der Waals surface area contributed by atoms with Crippen molar-refractivity contribution in [1.82, 2.24) is 9.78 Å². The van der Waals surface area contributed by atoms with E-state index in [0.717, 1.165) is 11.3 Å². The minimum absolute atomic E-state index is 0. The van der Waals surface area contributed by atoms with Crippen molar-refractivity contribution in [2.24, 2.45) is 5.73 Å². The molecule has 3 N–H and O–H groups in total. The Bertz CT molecular complexity index is 632. The molecule has 2 rings (SSSR count). The second kappa shape index (κ2) is 8.13. The summed E-state index contributed by atoms with van der Waals surface area (Å²) in [6, 6.07) is 12.0. The van der Waals surface area contributed by atoms with Gasteiger partial charge in [-0.1, -0.05) is 51.1 Å². The lowest BCUT2D eigenvalue weighted by atomic mass is 9.92. The Hall–Kier alpha value is -1.85. The van der Waals surface area contributed by atoms with Crippen molar-refractivity contribution in [1.29, 1.82) is 0 Å². The molecule has 0 atom stereocenters. The van der Waals surface area contributed by atoms with E-state index in [2.05, 4.69) is 31.2 Å². The van der Waals surface area contributed by atoms with Gasteiger partial charge in [-0.05, 0) is 5.56 Å². The van der Waals surface area contributed by atoms with Gasteiger partial charge in [0, 0.05) is 24.4 Å². The fourth-order valence-corrected chi connectivity index (χ4v) is 2.10. The number of carbonyl (C=O) groups excluding carboxylic acids is 1. The third-order valence-corrected chi connectivity index (χ3v) is 3.36. The van der Waals surface area contributed by atoms with Gasteiger partial charge >= 0.3 is 0 Å². The summed E-state index contributed by atoms with van der Waals surface area (Å²) in [4.78, 5) is 11.8. The number of carbonyl (C=O) groups is 1. The molecular formula is C17H25ClN4O. The predicted molar refractivity (Wildman–Crippen MR) is 96.0 cm³/mol. The van der Waals surface area contributed by atoms with Crippen LogP contribution in [0.5, 0.6) is 0 Å². The highest BCUT2D eigenvalue weighted by atomic mass is 35.5. The number of benzene rings is 1. The van der Waals surface area contributed by atoms with Crippen molar-refractivity contribution in [2.45, 2.75) is 39.2 Å². The lowest BCUT2D eigenvalue weighted by Gasteiger charge is -2.14. The second-order valence-electron chi connectivity index (χ2n) is 6.39. The van der Waals surface area contributed by atoms with Crippen molar-refractivity contribution >= 4 is 24.1 Å². The molecule has 6 heteroatoms. The van der Waals surface area contributed by atoms with E-state index >= 15 is 0 Å². The first kappa shape index (κ1) is 19.2. The van der Waals surface area contributed by atoms with Crippen LogP contribution in [0.15, 0.2) is 36.4 Å². The van der Waals surface area contributed by atoms with E-state index in [1.54, 1.807) is 0 Å². The number of rotatable bonds is 5. The van der Waals surface area contributed by atoms with Gasteiger partial charge < -0.3 is 11.1 Å². The first-order valence-corrected chi connectivity index (χ1v) is 7.52. The summed E-state index contributed by atoms with van der Waals surface area (Å²) < 4.78 is 1.84. The molecule has 0 saturated carbocycles. The first-order valence-electron chi connectivity index (χ1n) is 7.52. The molecule has 126 valence electrons. The van der Waals surface area contributed by atoms with Crippen LogP contribution >= 0.6 is 12.4 Å². The topological polar surface area (TPSA) is 72.9 Å². The highest BCUT2D eigenvalue weighted by Gasteiger charge is 2.20.